The Labute approximate surface area is 202 Å². The third kappa shape index (κ3) is 4.04. The largest absolute Gasteiger partial charge is 0.383 e. The van der Waals surface area contributed by atoms with Crippen molar-refractivity contribution in [2.75, 3.05) is 18.8 Å². The third-order valence-electron chi connectivity index (χ3n) is 6.95. The zero-order valence-electron chi connectivity index (χ0n) is 19.6. The summed E-state index contributed by atoms with van der Waals surface area (Å²) in [5.74, 6) is 1.04. The number of alkyl halides is 1. The van der Waals surface area contributed by atoms with E-state index in [0.29, 0.717) is 36.3 Å². The Bertz CT molecular complexity index is 1480. The second kappa shape index (κ2) is 8.46. The van der Waals surface area contributed by atoms with E-state index < -0.39 is 6.17 Å². The maximum Gasteiger partial charge on any atom is 0.194 e. The molecule has 1 fully saturated rings. The molecular formula is C27H27FN6O. The number of rotatable bonds is 5. The van der Waals surface area contributed by atoms with Crippen molar-refractivity contribution in [3.8, 4) is 5.69 Å². The van der Waals surface area contributed by atoms with Gasteiger partial charge in [-0.05, 0) is 67.3 Å². The van der Waals surface area contributed by atoms with Gasteiger partial charge in [-0.15, -0.1) is 0 Å². The molecule has 1 atom stereocenters. The van der Waals surface area contributed by atoms with Crippen LogP contribution in [0.3, 0.4) is 0 Å². The average Bonchev–Trinajstić information content (AvgIpc) is 3.53. The van der Waals surface area contributed by atoms with E-state index in [1.807, 2.05) is 31.2 Å². The van der Waals surface area contributed by atoms with Crippen LogP contribution in [0, 0.1) is 6.92 Å². The number of nitrogens with zero attached hydrogens (tertiary/aromatic N) is 4. The molecule has 3 N–H and O–H groups in total. The zero-order valence-corrected chi connectivity index (χ0v) is 19.6. The lowest BCUT2D eigenvalue weighted by atomic mass is 10.0. The van der Waals surface area contributed by atoms with Crippen LogP contribution in [0.2, 0.25) is 0 Å². The molecule has 0 bridgehead atoms. The molecule has 178 valence electrons. The maximum atomic E-state index is 13.8. The molecule has 1 unspecified atom stereocenters. The molecule has 8 heteroatoms. The highest BCUT2D eigenvalue weighted by Gasteiger charge is 2.25. The van der Waals surface area contributed by atoms with E-state index in [0.717, 1.165) is 58.7 Å². The molecule has 1 aliphatic heterocycles. The van der Waals surface area contributed by atoms with Crippen molar-refractivity contribution in [2.24, 2.45) is 0 Å². The number of hydrogen-bond donors (Lipinski definition) is 2. The summed E-state index contributed by atoms with van der Waals surface area (Å²) in [6.45, 7) is 4.05. The van der Waals surface area contributed by atoms with Crippen LogP contribution in [0.15, 0.2) is 48.2 Å². The Kier molecular flexibility index (Phi) is 5.25. The highest BCUT2D eigenvalue weighted by Crippen LogP contribution is 2.31. The molecule has 7 nitrogen and oxygen atoms in total. The fraction of sp³-hybridized carbons (Fsp3) is 0.296. The average molecular weight is 471 g/mol. The number of anilines is 1. The molecule has 0 spiro atoms. The van der Waals surface area contributed by atoms with Gasteiger partial charge < -0.3 is 10.7 Å². The zero-order chi connectivity index (χ0) is 24.1. The van der Waals surface area contributed by atoms with E-state index >= 15 is 0 Å². The van der Waals surface area contributed by atoms with Gasteiger partial charge in [-0.2, -0.15) is 5.10 Å². The van der Waals surface area contributed by atoms with Crippen molar-refractivity contribution in [2.45, 2.75) is 38.9 Å². The number of hydrogen-bond acceptors (Lipinski definition) is 5. The number of carbonyl (C=O) groups excluding carboxylic acids is 1. The van der Waals surface area contributed by atoms with Gasteiger partial charge in [0, 0.05) is 25.1 Å². The second-order valence-corrected chi connectivity index (χ2v) is 9.56. The van der Waals surface area contributed by atoms with E-state index in [4.69, 9.17) is 5.73 Å². The Morgan fingerprint density at radius 1 is 1.26 bits per heavy atom. The summed E-state index contributed by atoms with van der Waals surface area (Å²) in [7, 11) is 0. The normalized spacial score (nSPS) is 18.1. The number of ketones is 1. The number of nitrogens with one attached hydrogen (secondary N) is 1. The summed E-state index contributed by atoms with van der Waals surface area (Å²) < 4.78 is 15.3. The fourth-order valence-corrected chi connectivity index (χ4v) is 5.20. The molecule has 1 aliphatic carbocycles. The summed E-state index contributed by atoms with van der Waals surface area (Å²) in [4.78, 5) is 23.2. The van der Waals surface area contributed by atoms with Gasteiger partial charge in [0.1, 0.15) is 17.8 Å². The maximum absolute atomic E-state index is 13.8. The molecule has 1 saturated heterocycles. The van der Waals surface area contributed by atoms with Crippen molar-refractivity contribution in [3.05, 3.63) is 76.2 Å². The first-order chi connectivity index (χ1) is 16.9. The van der Waals surface area contributed by atoms with Crippen LogP contribution in [-0.4, -0.2) is 49.7 Å². The Morgan fingerprint density at radius 2 is 2.14 bits per heavy atom. The highest BCUT2D eigenvalue weighted by molar-refractivity contribution is 6.15. The Morgan fingerprint density at radius 3 is 3.00 bits per heavy atom. The number of carbonyl (C=O) groups is 1. The van der Waals surface area contributed by atoms with Crippen molar-refractivity contribution in [1.29, 1.82) is 0 Å². The number of imidazole rings is 1. The van der Waals surface area contributed by atoms with E-state index in [-0.39, 0.29) is 5.78 Å². The smallest absolute Gasteiger partial charge is 0.194 e. The Balaban J connectivity index is 1.23. The first kappa shape index (κ1) is 21.7. The van der Waals surface area contributed by atoms with Gasteiger partial charge in [-0.1, -0.05) is 18.2 Å². The fourth-order valence-electron chi connectivity index (χ4n) is 5.20. The number of aromatic nitrogens is 4. The number of nitrogen functional groups attached to an aromatic ring is 1. The number of allylic oxidation sites excluding steroid dienone is 1. The molecule has 6 rings (SSSR count). The van der Waals surface area contributed by atoms with E-state index in [9.17, 15) is 9.18 Å². The molecule has 2 aromatic carbocycles. The van der Waals surface area contributed by atoms with Crippen LogP contribution < -0.4 is 5.73 Å². The van der Waals surface area contributed by atoms with Gasteiger partial charge in [0.2, 0.25) is 0 Å². The van der Waals surface area contributed by atoms with Crippen LogP contribution in [0.25, 0.3) is 22.8 Å². The highest BCUT2D eigenvalue weighted by atomic mass is 19.1. The van der Waals surface area contributed by atoms with Gasteiger partial charge in [-0.25, -0.2) is 14.1 Å². The molecule has 0 radical (unpaired) electrons. The summed E-state index contributed by atoms with van der Waals surface area (Å²) in [6.07, 6.45) is 4.87. The van der Waals surface area contributed by atoms with Gasteiger partial charge in [0.05, 0.1) is 28.5 Å². The first-order valence-corrected chi connectivity index (χ1v) is 12.0. The standard InChI is InChI=1S/C27H27FN6O/c1-16-31-24-7-6-22(12-25(24)32-16)34-27(29)23(13-30-34)26(35)20-10-18-5-4-17(9-19(18)11-20)14-33-8-2-3-21(28)15-33/h4-7,9,11-13,21H,2-3,8,10,14-15,29H2,1H3,(H,31,32). The lowest BCUT2D eigenvalue weighted by Crippen LogP contribution is -2.35. The summed E-state index contributed by atoms with van der Waals surface area (Å²) >= 11 is 0. The molecule has 3 heterocycles. The number of likely N-dealkylation sites (tertiary alicyclic amines) is 1. The number of Topliss-reactive ketones (excluding diaryl/α,β-unsaturated/α-hetero) is 1. The van der Waals surface area contributed by atoms with E-state index in [2.05, 4.69) is 38.2 Å². The number of aryl methyl sites for hydroxylation is 1. The number of halogens is 1. The molecule has 4 aromatic rings. The second-order valence-electron chi connectivity index (χ2n) is 9.56. The van der Waals surface area contributed by atoms with Gasteiger partial charge >= 0.3 is 0 Å². The van der Waals surface area contributed by atoms with Crippen LogP contribution in [0.1, 0.15) is 45.7 Å². The van der Waals surface area contributed by atoms with Gasteiger partial charge in [-0.3, -0.25) is 9.69 Å². The van der Waals surface area contributed by atoms with Crippen LogP contribution in [0.4, 0.5) is 10.2 Å². The summed E-state index contributed by atoms with van der Waals surface area (Å²) in [6, 6.07) is 12.0. The van der Waals surface area contributed by atoms with Crippen LogP contribution in [-0.2, 0) is 13.0 Å². The van der Waals surface area contributed by atoms with E-state index in [1.165, 1.54) is 0 Å². The minimum Gasteiger partial charge on any atom is -0.383 e. The van der Waals surface area contributed by atoms with Crippen molar-refractivity contribution in [1.82, 2.24) is 24.6 Å². The van der Waals surface area contributed by atoms with Crippen molar-refractivity contribution < 1.29 is 9.18 Å². The lowest BCUT2D eigenvalue weighted by molar-refractivity contribution is 0.103. The molecule has 2 aliphatic rings. The number of benzene rings is 2. The summed E-state index contributed by atoms with van der Waals surface area (Å²) in [5, 5.41) is 4.40. The first-order valence-electron chi connectivity index (χ1n) is 12.0. The number of piperidine rings is 1. The quantitative estimate of drug-likeness (QED) is 0.422. The molecule has 35 heavy (non-hydrogen) atoms. The number of nitrogens with two attached hydrogens (primary N) is 1. The number of fused-ring (bicyclic) bond motifs is 2. The number of H-pyrrole nitrogens is 1. The molecule has 0 amide bonds. The van der Waals surface area contributed by atoms with Gasteiger partial charge in [0.25, 0.3) is 0 Å². The molecule has 2 aromatic heterocycles. The molecule has 0 saturated carbocycles. The van der Waals surface area contributed by atoms with Crippen LogP contribution in [0.5, 0.6) is 0 Å². The van der Waals surface area contributed by atoms with Gasteiger partial charge in [0.15, 0.2) is 5.78 Å². The van der Waals surface area contributed by atoms with Crippen LogP contribution >= 0.6 is 0 Å². The minimum atomic E-state index is -0.737. The van der Waals surface area contributed by atoms with Crippen molar-refractivity contribution >= 4 is 28.7 Å². The van der Waals surface area contributed by atoms with Crippen molar-refractivity contribution in [3.63, 3.8) is 0 Å². The minimum absolute atomic E-state index is 0.110. The SMILES string of the molecule is Cc1nc2ccc(-n3ncc(C(=O)C4=Cc5cc(CN6CCCC(F)C6)ccc5C4)c3N)cc2[nH]1. The van der Waals surface area contributed by atoms with E-state index in [1.54, 1.807) is 10.9 Å². The predicted molar refractivity (Wildman–Crippen MR) is 134 cm³/mol. The molecular weight excluding hydrogens is 443 g/mol. The third-order valence-corrected chi connectivity index (χ3v) is 6.95. The predicted octanol–water partition coefficient (Wildman–Crippen LogP) is 4.40. The lowest BCUT2D eigenvalue weighted by Gasteiger charge is -2.28. The summed E-state index contributed by atoms with van der Waals surface area (Å²) in [5.41, 5.74) is 13.3. The topological polar surface area (TPSA) is 92.8 Å². The Hall–Kier alpha value is -3.78. The monoisotopic (exact) mass is 470 g/mol. The number of aromatic amines is 1.